The molecule has 2 heterocycles. The largest absolute Gasteiger partial charge is 0.478 e. The highest BCUT2D eigenvalue weighted by Gasteiger charge is 2.29. The average molecular weight is 271 g/mol. The van der Waals surface area contributed by atoms with Gasteiger partial charge in [-0.25, -0.2) is 9.79 Å². The molecule has 2 aliphatic rings. The Morgan fingerprint density at radius 1 is 1.60 bits per heavy atom. The minimum Gasteiger partial charge on any atom is -0.478 e. The Morgan fingerprint density at radius 3 is 3.00 bits per heavy atom. The Balaban J connectivity index is 2.40. The van der Waals surface area contributed by atoms with Crippen LogP contribution in [0.1, 0.15) is 0 Å². The summed E-state index contributed by atoms with van der Waals surface area (Å²) < 4.78 is 0.817. The predicted molar refractivity (Wildman–Crippen MR) is 57.1 cm³/mol. The molecule has 0 radical (unpaired) electrons. The number of nitrogens with zero attached hydrogens (tertiary/aromatic N) is 2. The van der Waals surface area contributed by atoms with Crippen molar-refractivity contribution in [3.8, 4) is 0 Å². The minimum absolute atomic E-state index is 0.144. The van der Waals surface area contributed by atoms with Crippen molar-refractivity contribution < 1.29 is 15.0 Å². The first-order valence-corrected chi connectivity index (χ1v) is 4.92. The van der Waals surface area contributed by atoms with Gasteiger partial charge in [-0.1, -0.05) is 15.9 Å². The lowest BCUT2D eigenvalue weighted by atomic mass is 10.2. The van der Waals surface area contributed by atoms with E-state index in [2.05, 4.69) is 20.9 Å². The molecule has 5 nitrogen and oxygen atoms in total. The maximum Gasteiger partial charge on any atom is 0.337 e. The van der Waals surface area contributed by atoms with Gasteiger partial charge in [-0.3, -0.25) is 0 Å². The molecule has 78 valence electrons. The van der Waals surface area contributed by atoms with E-state index < -0.39 is 12.2 Å². The van der Waals surface area contributed by atoms with E-state index in [0.717, 1.165) is 10.7 Å². The maximum absolute atomic E-state index is 10.7. The van der Waals surface area contributed by atoms with Gasteiger partial charge in [0.25, 0.3) is 0 Å². The summed E-state index contributed by atoms with van der Waals surface area (Å²) in [7, 11) is 0. The normalized spacial score (nSPS) is 24.0. The van der Waals surface area contributed by atoms with Gasteiger partial charge >= 0.3 is 5.97 Å². The Kier molecular flexibility index (Phi) is 2.45. The zero-order valence-corrected chi connectivity index (χ0v) is 9.05. The number of carbonyl (C=O) groups is 1. The number of aliphatic carboxylic acids is 1. The third-order valence-corrected chi connectivity index (χ3v) is 2.54. The number of rotatable bonds is 1. The number of aliphatic imine (C=N–C) groups is 1. The molecule has 1 atom stereocenters. The summed E-state index contributed by atoms with van der Waals surface area (Å²) in [5.74, 6) is -0.672. The van der Waals surface area contributed by atoms with Crippen LogP contribution in [0.2, 0.25) is 0 Å². The Hall–Kier alpha value is -1.40. The molecule has 0 fully saturated rings. The summed E-state index contributed by atoms with van der Waals surface area (Å²) >= 11 is 3.26. The number of allylic oxidation sites excluding steroid dienone is 2. The lowest BCUT2D eigenvalue weighted by molar-refractivity contribution is -0.134. The van der Waals surface area contributed by atoms with Gasteiger partial charge in [0.05, 0.1) is 0 Å². The van der Waals surface area contributed by atoms with Crippen LogP contribution in [0.4, 0.5) is 0 Å². The smallest absolute Gasteiger partial charge is 0.337 e. The quantitative estimate of drug-likeness (QED) is 0.739. The third-order valence-electron chi connectivity index (χ3n) is 2.05. The summed E-state index contributed by atoms with van der Waals surface area (Å²) in [6, 6.07) is 0. The van der Waals surface area contributed by atoms with Crippen LogP contribution in [-0.4, -0.2) is 33.1 Å². The fourth-order valence-electron chi connectivity index (χ4n) is 1.30. The summed E-state index contributed by atoms with van der Waals surface area (Å²) in [5.41, 5.74) is -0.144. The second-order valence-electron chi connectivity index (χ2n) is 3.00. The first-order chi connectivity index (χ1) is 7.09. The number of aliphatic hydroxyl groups is 1. The van der Waals surface area contributed by atoms with Crippen molar-refractivity contribution in [2.24, 2.45) is 4.99 Å². The fraction of sp³-hybridized carbons (Fsp3) is 0.111. The van der Waals surface area contributed by atoms with Crippen molar-refractivity contribution in [1.82, 2.24) is 4.90 Å². The van der Waals surface area contributed by atoms with Crippen molar-refractivity contribution in [3.63, 3.8) is 0 Å². The van der Waals surface area contributed by atoms with E-state index in [0.29, 0.717) is 5.84 Å². The number of carboxylic acid groups (broad SMARTS) is 1. The molecule has 15 heavy (non-hydrogen) atoms. The molecule has 0 aliphatic carbocycles. The summed E-state index contributed by atoms with van der Waals surface area (Å²) in [4.78, 5) is 16.1. The summed E-state index contributed by atoms with van der Waals surface area (Å²) in [5, 5.41) is 18.5. The highest BCUT2D eigenvalue weighted by molar-refractivity contribution is 9.11. The average Bonchev–Trinajstić information content (AvgIpc) is 2.17. The molecule has 0 aromatic heterocycles. The van der Waals surface area contributed by atoms with Crippen LogP contribution >= 0.6 is 15.9 Å². The van der Waals surface area contributed by atoms with E-state index in [1.54, 1.807) is 18.4 Å². The van der Waals surface area contributed by atoms with Crippen LogP contribution in [0.25, 0.3) is 0 Å². The minimum atomic E-state index is -1.19. The highest BCUT2D eigenvalue weighted by Crippen LogP contribution is 2.22. The van der Waals surface area contributed by atoms with Gasteiger partial charge in [-0.15, -0.1) is 0 Å². The van der Waals surface area contributed by atoms with E-state index in [9.17, 15) is 9.90 Å². The highest BCUT2D eigenvalue weighted by atomic mass is 79.9. The van der Waals surface area contributed by atoms with Gasteiger partial charge in [0.1, 0.15) is 11.4 Å². The van der Waals surface area contributed by atoms with Crippen LogP contribution in [0, 0.1) is 0 Å². The third kappa shape index (κ3) is 1.73. The van der Waals surface area contributed by atoms with Crippen LogP contribution in [-0.2, 0) is 4.79 Å². The summed E-state index contributed by atoms with van der Waals surface area (Å²) in [6.45, 7) is 0. The van der Waals surface area contributed by atoms with Crippen LogP contribution < -0.4 is 0 Å². The standard InChI is InChI=1S/C9H7BrN2O3/c10-5-1-2-12-7(3-5)11-4-6(8(12)13)9(14)15/h1-4,8,13H,(H,14,15). The molecule has 0 aromatic rings. The molecule has 6 heteroatoms. The zero-order chi connectivity index (χ0) is 11.0. The maximum atomic E-state index is 10.7. The lowest BCUT2D eigenvalue weighted by Crippen LogP contribution is -2.41. The SMILES string of the molecule is O=C(O)C1=CN=C2C=C(Br)C=CN2C1O. The second kappa shape index (κ2) is 3.63. The molecule has 0 spiro atoms. The summed E-state index contributed by atoms with van der Waals surface area (Å²) in [6.07, 6.45) is 4.94. The van der Waals surface area contributed by atoms with Crippen molar-refractivity contribution in [2.45, 2.75) is 6.23 Å². The van der Waals surface area contributed by atoms with Crippen molar-refractivity contribution in [2.75, 3.05) is 0 Å². The molecule has 0 aromatic carbocycles. The van der Waals surface area contributed by atoms with Gasteiger partial charge in [0.2, 0.25) is 0 Å². The lowest BCUT2D eigenvalue weighted by Gasteiger charge is -2.30. The number of hydrogen-bond acceptors (Lipinski definition) is 4. The van der Waals surface area contributed by atoms with Crippen molar-refractivity contribution in [3.05, 3.63) is 34.6 Å². The van der Waals surface area contributed by atoms with Crippen molar-refractivity contribution in [1.29, 1.82) is 0 Å². The van der Waals surface area contributed by atoms with Gasteiger partial charge in [0.15, 0.2) is 6.23 Å². The Bertz CT molecular complexity index is 437. The first kappa shape index (κ1) is 10.1. The number of aliphatic hydroxyl groups excluding tert-OH is 1. The number of fused-ring (bicyclic) bond motifs is 1. The molecule has 2 aliphatic heterocycles. The van der Waals surface area contributed by atoms with E-state index >= 15 is 0 Å². The molecule has 2 rings (SSSR count). The Morgan fingerprint density at radius 2 is 2.33 bits per heavy atom. The van der Waals surface area contributed by atoms with Gasteiger partial charge in [0, 0.05) is 16.9 Å². The van der Waals surface area contributed by atoms with Crippen LogP contribution in [0.5, 0.6) is 0 Å². The molecule has 0 amide bonds. The number of halogens is 1. The van der Waals surface area contributed by atoms with E-state index in [4.69, 9.17) is 5.11 Å². The van der Waals surface area contributed by atoms with Crippen LogP contribution in [0.15, 0.2) is 39.6 Å². The topological polar surface area (TPSA) is 73.1 Å². The molecule has 0 saturated heterocycles. The van der Waals surface area contributed by atoms with Gasteiger partial charge in [-0.2, -0.15) is 0 Å². The van der Waals surface area contributed by atoms with Gasteiger partial charge < -0.3 is 15.1 Å². The van der Waals surface area contributed by atoms with E-state index in [1.165, 1.54) is 4.90 Å². The molecule has 0 saturated carbocycles. The number of carboxylic acids is 1. The Labute approximate surface area is 93.9 Å². The second-order valence-corrected chi connectivity index (χ2v) is 3.92. The molecular weight excluding hydrogens is 264 g/mol. The first-order valence-electron chi connectivity index (χ1n) is 4.12. The van der Waals surface area contributed by atoms with E-state index in [-0.39, 0.29) is 5.57 Å². The van der Waals surface area contributed by atoms with Crippen molar-refractivity contribution >= 4 is 27.7 Å². The monoisotopic (exact) mass is 270 g/mol. The molecular formula is C9H7BrN2O3. The molecule has 1 unspecified atom stereocenters. The van der Waals surface area contributed by atoms with Gasteiger partial charge in [-0.05, 0) is 12.2 Å². The number of amidine groups is 1. The molecule has 2 N–H and O–H groups in total. The molecule has 0 bridgehead atoms. The number of hydrogen-bond donors (Lipinski definition) is 2. The van der Waals surface area contributed by atoms with Crippen LogP contribution in [0.3, 0.4) is 0 Å². The predicted octanol–water partition coefficient (Wildman–Crippen LogP) is 0.794. The van der Waals surface area contributed by atoms with E-state index in [1.807, 2.05) is 0 Å². The zero-order valence-electron chi connectivity index (χ0n) is 7.46. The fourth-order valence-corrected chi connectivity index (χ4v) is 1.63.